The first-order valence-electron chi connectivity index (χ1n) is 4.37. The van der Waals surface area contributed by atoms with Crippen molar-refractivity contribution < 1.29 is 9.13 Å². The van der Waals surface area contributed by atoms with Crippen LogP contribution in [-0.4, -0.2) is 14.2 Å². The van der Waals surface area contributed by atoms with Crippen LogP contribution < -0.4 is 0 Å². The van der Waals surface area contributed by atoms with Gasteiger partial charge in [-0.1, -0.05) is 29.8 Å². The molecule has 0 N–H and O–H groups in total. The molecule has 0 unspecified atom stereocenters. The average molecular weight is 263 g/mol. The van der Waals surface area contributed by atoms with Crippen LogP contribution in [0.5, 0.6) is 0 Å². The number of ether oxygens (including phenoxy) is 1. The molecule has 0 bridgehead atoms. The van der Waals surface area contributed by atoms with Gasteiger partial charge in [0, 0.05) is 18.7 Å². The zero-order chi connectivity index (χ0) is 11.1. The maximum Gasteiger partial charge on any atom is 0.124 e. The van der Waals surface area contributed by atoms with Crippen molar-refractivity contribution in [1.29, 1.82) is 0 Å². The van der Waals surface area contributed by atoms with Gasteiger partial charge in [0.1, 0.15) is 5.82 Å². The van der Waals surface area contributed by atoms with Crippen molar-refractivity contribution >= 4 is 15.9 Å². The van der Waals surface area contributed by atoms with Crippen molar-refractivity contribution in [2.45, 2.75) is 19.8 Å². The van der Waals surface area contributed by atoms with E-state index in [9.17, 15) is 4.39 Å². The van der Waals surface area contributed by atoms with Crippen molar-refractivity contribution in [2.75, 3.05) is 14.2 Å². The SMILES string of the molecule is CC(C)c1cc(F)cc(Br)c1.COC. The van der Waals surface area contributed by atoms with Crippen LogP contribution in [0.4, 0.5) is 4.39 Å². The summed E-state index contributed by atoms with van der Waals surface area (Å²) in [5.74, 6) is 0.199. The molecule has 0 aliphatic heterocycles. The average Bonchev–Trinajstić information content (AvgIpc) is 2.03. The lowest BCUT2D eigenvalue weighted by atomic mass is 10.0. The summed E-state index contributed by atoms with van der Waals surface area (Å²) in [6.07, 6.45) is 0. The third-order valence-electron chi connectivity index (χ3n) is 1.55. The molecule has 0 spiro atoms. The Hall–Kier alpha value is -0.410. The molecule has 0 atom stereocenters. The van der Waals surface area contributed by atoms with Gasteiger partial charge < -0.3 is 4.74 Å². The zero-order valence-corrected chi connectivity index (χ0v) is 10.6. The molecule has 1 aromatic rings. The second-order valence-electron chi connectivity index (χ2n) is 3.27. The van der Waals surface area contributed by atoms with Gasteiger partial charge in [-0.05, 0) is 29.7 Å². The van der Waals surface area contributed by atoms with E-state index < -0.39 is 0 Å². The minimum atomic E-state index is -0.178. The van der Waals surface area contributed by atoms with Crippen LogP contribution in [0.1, 0.15) is 25.3 Å². The van der Waals surface area contributed by atoms with Crippen molar-refractivity contribution in [2.24, 2.45) is 0 Å². The van der Waals surface area contributed by atoms with Gasteiger partial charge in [0.2, 0.25) is 0 Å². The van der Waals surface area contributed by atoms with Gasteiger partial charge in [-0.15, -0.1) is 0 Å². The standard InChI is InChI=1S/C9H10BrF.C2H6O/c1-6(2)7-3-8(10)5-9(11)4-7;1-3-2/h3-6H,1-2H3;1-2H3. The summed E-state index contributed by atoms with van der Waals surface area (Å²) in [7, 11) is 3.25. The van der Waals surface area contributed by atoms with Crippen molar-refractivity contribution in [1.82, 2.24) is 0 Å². The van der Waals surface area contributed by atoms with Crippen LogP contribution in [0.3, 0.4) is 0 Å². The maximum absolute atomic E-state index is 12.8. The minimum absolute atomic E-state index is 0.178. The van der Waals surface area contributed by atoms with E-state index >= 15 is 0 Å². The fourth-order valence-electron chi connectivity index (χ4n) is 0.908. The summed E-state index contributed by atoms with van der Waals surface area (Å²) in [6, 6.07) is 4.97. The van der Waals surface area contributed by atoms with E-state index in [4.69, 9.17) is 0 Å². The smallest absolute Gasteiger partial charge is 0.124 e. The Labute approximate surface area is 93.4 Å². The first-order chi connectivity index (χ1) is 6.51. The summed E-state index contributed by atoms with van der Waals surface area (Å²) < 4.78 is 17.8. The highest BCUT2D eigenvalue weighted by atomic mass is 79.9. The van der Waals surface area contributed by atoms with Crippen LogP contribution in [-0.2, 0) is 4.74 Å². The molecule has 3 heteroatoms. The number of halogens is 2. The highest BCUT2D eigenvalue weighted by molar-refractivity contribution is 9.10. The quantitative estimate of drug-likeness (QED) is 0.744. The number of methoxy groups -OCH3 is 1. The number of hydrogen-bond acceptors (Lipinski definition) is 1. The fourth-order valence-corrected chi connectivity index (χ4v) is 1.39. The topological polar surface area (TPSA) is 9.23 Å². The van der Waals surface area contributed by atoms with Crippen LogP contribution >= 0.6 is 15.9 Å². The third kappa shape index (κ3) is 5.35. The van der Waals surface area contributed by atoms with Gasteiger partial charge >= 0.3 is 0 Å². The Balaban J connectivity index is 0.000000500. The van der Waals surface area contributed by atoms with Gasteiger partial charge in [0.25, 0.3) is 0 Å². The van der Waals surface area contributed by atoms with Gasteiger partial charge in [0.15, 0.2) is 0 Å². The Morgan fingerprint density at radius 2 is 1.71 bits per heavy atom. The van der Waals surface area contributed by atoms with Crippen LogP contribution in [0, 0.1) is 5.82 Å². The van der Waals surface area contributed by atoms with E-state index in [1.807, 2.05) is 19.9 Å². The molecule has 0 saturated carbocycles. The molecule has 80 valence electrons. The van der Waals surface area contributed by atoms with E-state index in [2.05, 4.69) is 20.7 Å². The number of rotatable bonds is 1. The molecule has 14 heavy (non-hydrogen) atoms. The Morgan fingerprint density at radius 3 is 2.07 bits per heavy atom. The van der Waals surface area contributed by atoms with Crippen molar-refractivity contribution in [3.8, 4) is 0 Å². The molecule has 0 fully saturated rings. The fraction of sp³-hybridized carbons (Fsp3) is 0.455. The first kappa shape index (κ1) is 13.6. The van der Waals surface area contributed by atoms with E-state index in [1.165, 1.54) is 6.07 Å². The Bertz CT molecular complexity index is 254. The van der Waals surface area contributed by atoms with E-state index in [1.54, 1.807) is 20.3 Å². The second-order valence-corrected chi connectivity index (χ2v) is 4.18. The lowest BCUT2D eigenvalue weighted by Crippen LogP contribution is -1.88. The molecule has 0 aliphatic rings. The number of hydrogen-bond donors (Lipinski definition) is 0. The Morgan fingerprint density at radius 1 is 1.21 bits per heavy atom. The molecule has 0 saturated heterocycles. The molecular weight excluding hydrogens is 247 g/mol. The lowest BCUT2D eigenvalue weighted by molar-refractivity contribution is 0.277. The van der Waals surface area contributed by atoms with Gasteiger partial charge in [-0.3, -0.25) is 0 Å². The summed E-state index contributed by atoms with van der Waals surface area (Å²) in [6.45, 7) is 4.09. The molecule has 0 aliphatic carbocycles. The van der Waals surface area contributed by atoms with Crippen LogP contribution in [0.2, 0.25) is 0 Å². The van der Waals surface area contributed by atoms with E-state index in [-0.39, 0.29) is 5.82 Å². The van der Waals surface area contributed by atoms with Gasteiger partial charge in [0.05, 0.1) is 0 Å². The van der Waals surface area contributed by atoms with Crippen LogP contribution in [0.25, 0.3) is 0 Å². The molecule has 0 radical (unpaired) electrons. The zero-order valence-electron chi connectivity index (χ0n) is 8.97. The normalized spacial score (nSPS) is 9.64. The van der Waals surface area contributed by atoms with E-state index in [0.29, 0.717) is 5.92 Å². The monoisotopic (exact) mass is 262 g/mol. The summed E-state index contributed by atoms with van der Waals surface area (Å²) in [5, 5.41) is 0. The Kier molecular flexibility index (Phi) is 6.75. The summed E-state index contributed by atoms with van der Waals surface area (Å²) in [4.78, 5) is 0. The van der Waals surface area contributed by atoms with E-state index in [0.717, 1.165) is 10.0 Å². The third-order valence-corrected chi connectivity index (χ3v) is 2.01. The maximum atomic E-state index is 12.8. The lowest BCUT2D eigenvalue weighted by Gasteiger charge is -2.05. The predicted octanol–water partition coefficient (Wildman–Crippen LogP) is 3.97. The molecular formula is C11H16BrFO. The minimum Gasteiger partial charge on any atom is -0.388 e. The van der Waals surface area contributed by atoms with Gasteiger partial charge in [-0.2, -0.15) is 0 Å². The molecule has 0 heterocycles. The van der Waals surface area contributed by atoms with Crippen molar-refractivity contribution in [3.63, 3.8) is 0 Å². The summed E-state index contributed by atoms with van der Waals surface area (Å²) in [5.41, 5.74) is 1.02. The molecule has 0 amide bonds. The highest BCUT2D eigenvalue weighted by Gasteiger charge is 2.01. The van der Waals surface area contributed by atoms with Crippen LogP contribution in [0.15, 0.2) is 22.7 Å². The molecule has 1 aromatic carbocycles. The second kappa shape index (κ2) is 6.96. The molecule has 0 aromatic heterocycles. The molecule has 1 rings (SSSR count). The van der Waals surface area contributed by atoms with Crippen molar-refractivity contribution in [3.05, 3.63) is 34.1 Å². The predicted molar refractivity (Wildman–Crippen MR) is 61.1 cm³/mol. The largest absolute Gasteiger partial charge is 0.388 e. The summed E-state index contributed by atoms with van der Waals surface area (Å²) >= 11 is 3.24. The molecule has 1 nitrogen and oxygen atoms in total. The first-order valence-corrected chi connectivity index (χ1v) is 5.16. The van der Waals surface area contributed by atoms with Gasteiger partial charge in [-0.25, -0.2) is 4.39 Å². The number of benzene rings is 1. The highest BCUT2D eigenvalue weighted by Crippen LogP contribution is 2.20.